The molecular formula is C21H27N3O3. The molecule has 0 aromatic heterocycles. The molecule has 27 heavy (non-hydrogen) atoms. The number of urea groups is 1. The molecular weight excluding hydrogens is 342 g/mol. The molecule has 0 saturated carbocycles. The molecule has 2 amide bonds. The number of carbonyl (C=O) groups is 2. The van der Waals surface area contributed by atoms with E-state index in [1.165, 1.54) is 5.56 Å². The molecule has 0 unspecified atom stereocenters. The van der Waals surface area contributed by atoms with Crippen molar-refractivity contribution in [3.05, 3.63) is 71.8 Å². The summed E-state index contributed by atoms with van der Waals surface area (Å²) in [5.41, 5.74) is 2.26. The fourth-order valence-corrected chi connectivity index (χ4v) is 2.71. The van der Waals surface area contributed by atoms with Gasteiger partial charge in [0.15, 0.2) is 0 Å². The maximum atomic E-state index is 12.5. The maximum absolute atomic E-state index is 12.5. The Morgan fingerprint density at radius 1 is 0.889 bits per heavy atom. The Bertz CT molecular complexity index is 707. The van der Waals surface area contributed by atoms with Gasteiger partial charge in [-0.2, -0.15) is 0 Å². The Hall–Kier alpha value is -2.86. The van der Waals surface area contributed by atoms with Crippen LogP contribution in [-0.2, 0) is 17.9 Å². The van der Waals surface area contributed by atoms with E-state index in [2.05, 4.69) is 22.3 Å². The third-order valence-corrected chi connectivity index (χ3v) is 4.17. The molecule has 0 fully saturated rings. The van der Waals surface area contributed by atoms with Crippen LogP contribution in [0.4, 0.5) is 4.79 Å². The molecule has 0 aliphatic rings. The number of carboxylic acids is 1. The van der Waals surface area contributed by atoms with Crippen LogP contribution in [0, 0.1) is 0 Å². The van der Waals surface area contributed by atoms with E-state index in [9.17, 15) is 9.59 Å². The van der Waals surface area contributed by atoms with Crippen molar-refractivity contribution in [1.29, 1.82) is 0 Å². The molecule has 2 rings (SSSR count). The fraction of sp³-hybridized carbons (Fsp3) is 0.333. The van der Waals surface area contributed by atoms with Crippen molar-refractivity contribution in [1.82, 2.24) is 15.1 Å². The van der Waals surface area contributed by atoms with Crippen LogP contribution in [0.1, 0.15) is 17.5 Å². The Morgan fingerprint density at radius 3 is 2.00 bits per heavy atom. The first-order valence-electron chi connectivity index (χ1n) is 9.05. The number of hydrogen-bond acceptors (Lipinski definition) is 3. The first-order valence-corrected chi connectivity index (χ1v) is 9.05. The van der Waals surface area contributed by atoms with Crippen LogP contribution >= 0.6 is 0 Å². The normalized spacial score (nSPS) is 10.6. The molecule has 144 valence electrons. The molecule has 0 radical (unpaired) electrons. The third-order valence-electron chi connectivity index (χ3n) is 4.17. The van der Waals surface area contributed by atoms with E-state index in [4.69, 9.17) is 5.11 Å². The highest BCUT2D eigenvalue weighted by atomic mass is 16.4. The second-order valence-electron chi connectivity index (χ2n) is 6.51. The van der Waals surface area contributed by atoms with Gasteiger partial charge in [-0.1, -0.05) is 60.7 Å². The molecule has 2 aromatic carbocycles. The average molecular weight is 369 g/mol. The summed E-state index contributed by atoms with van der Waals surface area (Å²) in [7, 11) is 2.02. The average Bonchev–Trinajstić information content (AvgIpc) is 2.66. The summed E-state index contributed by atoms with van der Waals surface area (Å²) in [6, 6.07) is 19.7. The maximum Gasteiger partial charge on any atom is 0.317 e. The van der Waals surface area contributed by atoms with E-state index in [-0.39, 0.29) is 19.0 Å². The number of likely N-dealkylation sites (N-methyl/N-ethyl adjacent to an activating group) is 1. The van der Waals surface area contributed by atoms with E-state index in [1.54, 1.807) is 4.90 Å². The van der Waals surface area contributed by atoms with Gasteiger partial charge in [-0.25, -0.2) is 4.79 Å². The van der Waals surface area contributed by atoms with E-state index in [1.807, 2.05) is 55.6 Å². The van der Waals surface area contributed by atoms with Gasteiger partial charge < -0.3 is 20.2 Å². The van der Waals surface area contributed by atoms with Gasteiger partial charge in [0.1, 0.15) is 0 Å². The first-order chi connectivity index (χ1) is 13.0. The van der Waals surface area contributed by atoms with E-state index >= 15 is 0 Å². The second-order valence-corrected chi connectivity index (χ2v) is 6.51. The Morgan fingerprint density at radius 2 is 1.44 bits per heavy atom. The van der Waals surface area contributed by atoms with Crippen LogP contribution in [0.2, 0.25) is 0 Å². The van der Waals surface area contributed by atoms with Crippen molar-refractivity contribution >= 4 is 12.0 Å². The highest BCUT2D eigenvalue weighted by Crippen LogP contribution is 2.07. The van der Waals surface area contributed by atoms with Crippen LogP contribution in [0.25, 0.3) is 0 Å². The fourth-order valence-electron chi connectivity index (χ4n) is 2.71. The Balaban J connectivity index is 1.91. The predicted octanol–water partition coefficient (Wildman–Crippen LogP) is 2.80. The van der Waals surface area contributed by atoms with Crippen molar-refractivity contribution in [3.63, 3.8) is 0 Å². The minimum absolute atomic E-state index is 0.0845. The molecule has 2 aromatic rings. The summed E-state index contributed by atoms with van der Waals surface area (Å²) in [5, 5.41) is 11.4. The topological polar surface area (TPSA) is 72.9 Å². The molecule has 0 spiro atoms. The van der Waals surface area contributed by atoms with Gasteiger partial charge in [0, 0.05) is 32.7 Å². The number of carboxylic acid groups (broad SMARTS) is 1. The van der Waals surface area contributed by atoms with Crippen LogP contribution in [0.3, 0.4) is 0 Å². The van der Waals surface area contributed by atoms with Crippen LogP contribution in [0.15, 0.2) is 60.7 Å². The van der Waals surface area contributed by atoms with Gasteiger partial charge in [-0.3, -0.25) is 4.79 Å². The monoisotopic (exact) mass is 369 g/mol. The minimum atomic E-state index is -0.924. The van der Waals surface area contributed by atoms with Gasteiger partial charge in [0.05, 0.1) is 6.42 Å². The van der Waals surface area contributed by atoms with Crippen molar-refractivity contribution in [2.75, 3.05) is 26.7 Å². The van der Waals surface area contributed by atoms with Gasteiger partial charge >= 0.3 is 12.0 Å². The zero-order chi connectivity index (χ0) is 19.5. The molecule has 6 heteroatoms. The van der Waals surface area contributed by atoms with Gasteiger partial charge in [-0.05, 0) is 18.2 Å². The zero-order valence-electron chi connectivity index (χ0n) is 15.7. The number of nitrogens with one attached hydrogen (secondary N) is 1. The number of benzene rings is 2. The molecule has 0 aliphatic heterocycles. The van der Waals surface area contributed by atoms with Crippen molar-refractivity contribution in [3.8, 4) is 0 Å². The Labute approximate surface area is 160 Å². The quantitative estimate of drug-likeness (QED) is 0.675. The lowest BCUT2D eigenvalue weighted by molar-refractivity contribution is -0.136. The zero-order valence-corrected chi connectivity index (χ0v) is 15.7. The third kappa shape index (κ3) is 7.92. The first kappa shape index (κ1) is 20.5. The molecule has 6 nitrogen and oxygen atoms in total. The number of amides is 2. The number of nitrogens with zero attached hydrogens (tertiary/aromatic N) is 2. The summed E-state index contributed by atoms with van der Waals surface area (Å²) >= 11 is 0. The molecule has 2 N–H and O–H groups in total. The van der Waals surface area contributed by atoms with Crippen LogP contribution in [-0.4, -0.2) is 53.6 Å². The molecule has 0 saturated heterocycles. The summed E-state index contributed by atoms with van der Waals surface area (Å²) in [4.78, 5) is 27.0. The lowest BCUT2D eigenvalue weighted by Crippen LogP contribution is -2.43. The van der Waals surface area contributed by atoms with Crippen molar-refractivity contribution in [2.24, 2.45) is 0 Å². The minimum Gasteiger partial charge on any atom is -0.481 e. The number of aliphatic carboxylic acids is 1. The van der Waals surface area contributed by atoms with Gasteiger partial charge in [-0.15, -0.1) is 0 Å². The predicted molar refractivity (Wildman–Crippen MR) is 105 cm³/mol. The van der Waals surface area contributed by atoms with Gasteiger partial charge in [0.25, 0.3) is 0 Å². The second kappa shape index (κ2) is 11.0. The van der Waals surface area contributed by atoms with Crippen molar-refractivity contribution < 1.29 is 14.7 Å². The van der Waals surface area contributed by atoms with Gasteiger partial charge in [0.2, 0.25) is 0 Å². The SMILES string of the molecule is CN(CCN(Cc1ccccc1)C(=O)NCCC(=O)O)Cc1ccccc1. The molecule has 0 aliphatic carbocycles. The lowest BCUT2D eigenvalue weighted by atomic mass is 10.2. The highest BCUT2D eigenvalue weighted by Gasteiger charge is 2.15. The van der Waals surface area contributed by atoms with Crippen molar-refractivity contribution in [2.45, 2.75) is 19.5 Å². The van der Waals surface area contributed by atoms with E-state index in [0.29, 0.717) is 19.6 Å². The summed E-state index contributed by atoms with van der Waals surface area (Å²) < 4.78 is 0. The molecule has 0 heterocycles. The smallest absolute Gasteiger partial charge is 0.317 e. The Kier molecular flexibility index (Phi) is 8.32. The van der Waals surface area contributed by atoms with E-state index < -0.39 is 5.97 Å². The summed E-state index contributed by atoms with van der Waals surface area (Å²) in [5.74, 6) is -0.924. The highest BCUT2D eigenvalue weighted by molar-refractivity contribution is 5.75. The lowest BCUT2D eigenvalue weighted by Gasteiger charge is -2.26. The van der Waals surface area contributed by atoms with E-state index in [0.717, 1.165) is 12.1 Å². The van der Waals surface area contributed by atoms with Crippen LogP contribution < -0.4 is 5.32 Å². The summed E-state index contributed by atoms with van der Waals surface area (Å²) in [6.45, 7) is 2.68. The standard InChI is InChI=1S/C21H27N3O3/c1-23(16-18-8-4-2-5-9-18)14-15-24(17-19-10-6-3-7-11-19)21(27)22-13-12-20(25)26/h2-11H,12-17H2,1H3,(H,22,27)(H,25,26). The number of hydrogen-bond donors (Lipinski definition) is 2. The summed E-state index contributed by atoms with van der Waals surface area (Å²) in [6.07, 6.45) is -0.0845. The molecule has 0 atom stereocenters. The molecule has 0 bridgehead atoms. The van der Waals surface area contributed by atoms with Crippen LogP contribution in [0.5, 0.6) is 0 Å². The number of rotatable bonds is 10. The number of carbonyl (C=O) groups excluding carboxylic acids is 1. The largest absolute Gasteiger partial charge is 0.481 e.